The van der Waals surface area contributed by atoms with E-state index in [-0.39, 0.29) is 11.3 Å². The van der Waals surface area contributed by atoms with Gasteiger partial charge in [0, 0.05) is 11.9 Å². The van der Waals surface area contributed by atoms with Crippen LogP contribution in [-0.2, 0) is 24.5 Å². The van der Waals surface area contributed by atoms with Gasteiger partial charge < -0.3 is 14.4 Å². The number of nitrogens with zero attached hydrogens (tertiary/aromatic N) is 1. The predicted octanol–water partition coefficient (Wildman–Crippen LogP) is 6.56. The van der Waals surface area contributed by atoms with Gasteiger partial charge in [-0.3, -0.25) is 0 Å². The van der Waals surface area contributed by atoms with Crippen molar-refractivity contribution in [2.75, 3.05) is 19.1 Å². The molecule has 4 aromatic rings. The molecule has 0 aliphatic carbocycles. The fraction of sp³-hybridized carbons (Fsp3) is 0.0857. The largest absolute Gasteiger partial charge is 0.465 e. The zero-order chi connectivity index (χ0) is 28.0. The van der Waals surface area contributed by atoms with Crippen molar-refractivity contribution >= 4 is 17.6 Å². The highest BCUT2D eigenvalue weighted by Gasteiger charge is 2.38. The highest BCUT2D eigenvalue weighted by Crippen LogP contribution is 2.45. The highest BCUT2D eigenvalue weighted by atomic mass is 16.5. The van der Waals surface area contributed by atoms with Crippen molar-refractivity contribution in [3.63, 3.8) is 0 Å². The van der Waals surface area contributed by atoms with Gasteiger partial charge >= 0.3 is 11.9 Å². The summed E-state index contributed by atoms with van der Waals surface area (Å²) >= 11 is 0. The van der Waals surface area contributed by atoms with Crippen molar-refractivity contribution < 1.29 is 19.1 Å². The molecule has 1 heterocycles. The van der Waals surface area contributed by atoms with Gasteiger partial charge in [-0.25, -0.2) is 9.59 Å². The molecule has 0 saturated heterocycles. The van der Waals surface area contributed by atoms with E-state index in [0.717, 1.165) is 22.3 Å². The van der Waals surface area contributed by atoms with Crippen LogP contribution < -0.4 is 4.90 Å². The molecule has 0 spiro atoms. The van der Waals surface area contributed by atoms with Crippen LogP contribution in [0.5, 0.6) is 0 Å². The maximum absolute atomic E-state index is 12.9. The van der Waals surface area contributed by atoms with Crippen LogP contribution in [0, 0.1) is 0 Å². The lowest BCUT2D eigenvalue weighted by atomic mass is 9.65. The number of methoxy groups -OCH3 is 2. The van der Waals surface area contributed by atoms with Crippen LogP contribution in [0.15, 0.2) is 151 Å². The average molecular weight is 528 g/mol. The number of anilines is 1. The number of esters is 2. The second-order valence-electron chi connectivity index (χ2n) is 9.21. The maximum Gasteiger partial charge on any atom is 0.355 e. The standard InChI is InChI=1S/C35H29NO4/c1-39-33(37)31-20-12-13-25-36(32(31)34(38)40-2)30-23-21-29(22-24-30)35(26-14-6-3-7-15-26,27-16-8-4-9-17-27)28-18-10-5-11-19-28/h3-25H,1-2H3. The molecule has 0 aromatic heterocycles. The minimum Gasteiger partial charge on any atom is -0.465 e. The third-order valence-corrected chi connectivity index (χ3v) is 7.09. The molecule has 5 heteroatoms. The van der Waals surface area contributed by atoms with Crippen LogP contribution in [0.25, 0.3) is 0 Å². The molecule has 5 rings (SSSR count). The zero-order valence-corrected chi connectivity index (χ0v) is 22.4. The summed E-state index contributed by atoms with van der Waals surface area (Å²) in [4.78, 5) is 27.2. The molecule has 0 amide bonds. The number of ether oxygens (including phenoxy) is 2. The minimum atomic E-state index is -0.645. The Morgan fingerprint density at radius 1 is 0.575 bits per heavy atom. The molecule has 4 aromatic carbocycles. The van der Waals surface area contributed by atoms with Gasteiger partial charge in [0.15, 0.2) is 0 Å². The highest BCUT2D eigenvalue weighted by molar-refractivity contribution is 6.05. The van der Waals surface area contributed by atoms with Crippen molar-refractivity contribution in [3.05, 3.63) is 173 Å². The zero-order valence-electron chi connectivity index (χ0n) is 22.4. The van der Waals surface area contributed by atoms with Crippen LogP contribution >= 0.6 is 0 Å². The van der Waals surface area contributed by atoms with E-state index in [1.54, 1.807) is 29.3 Å². The van der Waals surface area contributed by atoms with Gasteiger partial charge in [-0.1, -0.05) is 109 Å². The Kier molecular flexibility index (Phi) is 7.74. The van der Waals surface area contributed by atoms with E-state index in [0.29, 0.717) is 5.69 Å². The van der Waals surface area contributed by atoms with Gasteiger partial charge in [-0.05, 0) is 46.5 Å². The lowest BCUT2D eigenvalue weighted by Gasteiger charge is -2.37. The lowest BCUT2D eigenvalue weighted by molar-refractivity contribution is -0.139. The SMILES string of the molecule is COC(=O)C1=C(C(=O)OC)N(c2ccc(C(c3ccccc3)(c3ccccc3)c3ccccc3)cc2)C=CC=C1. The fourth-order valence-corrected chi connectivity index (χ4v) is 5.30. The lowest BCUT2D eigenvalue weighted by Crippen LogP contribution is -2.31. The van der Waals surface area contributed by atoms with E-state index in [9.17, 15) is 9.59 Å². The fourth-order valence-electron chi connectivity index (χ4n) is 5.30. The molecule has 40 heavy (non-hydrogen) atoms. The molecular weight excluding hydrogens is 498 g/mol. The van der Waals surface area contributed by atoms with Gasteiger partial charge in [-0.15, -0.1) is 0 Å². The first kappa shape index (κ1) is 26.4. The maximum atomic E-state index is 12.9. The Bertz CT molecular complexity index is 1470. The van der Waals surface area contributed by atoms with Crippen molar-refractivity contribution in [1.29, 1.82) is 0 Å². The molecule has 0 unspecified atom stereocenters. The predicted molar refractivity (Wildman–Crippen MR) is 157 cm³/mol. The Morgan fingerprint density at radius 2 is 1.02 bits per heavy atom. The summed E-state index contributed by atoms with van der Waals surface area (Å²) in [5, 5.41) is 0. The van der Waals surface area contributed by atoms with E-state index in [4.69, 9.17) is 9.47 Å². The van der Waals surface area contributed by atoms with E-state index in [2.05, 4.69) is 84.9 Å². The van der Waals surface area contributed by atoms with Gasteiger partial charge in [0.1, 0.15) is 5.70 Å². The van der Waals surface area contributed by atoms with Crippen molar-refractivity contribution in [3.8, 4) is 0 Å². The van der Waals surface area contributed by atoms with Crippen LogP contribution in [0.4, 0.5) is 5.69 Å². The second-order valence-corrected chi connectivity index (χ2v) is 9.21. The summed E-state index contributed by atoms with van der Waals surface area (Å²) < 4.78 is 10.0. The summed E-state index contributed by atoms with van der Waals surface area (Å²) in [6, 6.07) is 39.3. The number of hydrogen-bond donors (Lipinski definition) is 0. The number of benzene rings is 4. The molecule has 5 nitrogen and oxygen atoms in total. The molecule has 0 atom stereocenters. The van der Waals surface area contributed by atoms with Crippen LogP contribution in [-0.4, -0.2) is 26.2 Å². The first-order chi connectivity index (χ1) is 19.6. The molecule has 1 aliphatic heterocycles. The first-order valence-electron chi connectivity index (χ1n) is 12.9. The second kappa shape index (κ2) is 11.7. The quantitative estimate of drug-likeness (QED) is 0.201. The summed E-state index contributed by atoms with van der Waals surface area (Å²) in [6.07, 6.45) is 6.73. The van der Waals surface area contributed by atoms with Crippen molar-refractivity contribution in [2.45, 2.75) is 5.41 Å². The van der Waals surface area contributed by atoms with Crippen LogP contribution in [0.2, 0.25) is 0 Å². The Morgan fingerprint density at radius 3 is 1.48 bits per heavy atom. The third-order valence-electron chi connectivity index (χ3n) is 7.09. The summed E-state index contributed by atoms with van der Waals surface area (Å²) in [7, 11) is 2.57. The first-order valence-corrected chi connectivity index (χ1v) is 12.9. The van der Waals surface area contributed by atoms with Crippen molar-refractivity contribution in [2.24, 2.45) is 0 Å². The molecule has 1 aliphatic rings. The van der Waals surface area contributed by atoms with E-state index >= 15 is 0 Å². The topological polar surface area (TPSA) is 55.8 Å². The molecule has 0 fully saturated rings. The minimum absolute atomic E-state index is 0.0764. The Balaban J connectivity index is 1.72. The van der Waals surface area contributed by atoms with Crippen molar-refractivity contribution in [1.82, 2.24) is 0 Å². The van der Waals surface area contributed by atoms with Crippen LogP contribution in [0.3, 0.4) is 0 Å². The van der Waals surface area contributed by atoms with E-state index in [1.165, 1.54) is 14.2 Å². The van der Waals surface area contributed by atoms with Gasteiger partial charge in [0.25, 0.3) is 0 Å². The molecule has 198 valence electrons. The monoisotopic (exact) mass is 527 g/mol. The summed E-state index contributed by atoms with van der Waals surface area (Å²) in [5.74, 6) is -1.27. The number of rotatable bonds is 7. The third kappa shape index (κ3) is 4.74. The average Bonchev–Trinajstić information content (AvgIpc) is 3.26. The Labute approximate surface area is 234 Å². The molecular formula is C35H29NO4. The number of carbonyl (C=O) groups excluding carboxylic acids is 2. The van der Waals surface area contributed by atoms with Gasteiger partial charge in [-0.2, -0.15) is 0 Å². The molecule has 0 N–H and O–H groups in total. The molecule has 0 saturated carbocycles. The summed E-state index contributed by atoms with van der Waals surface area (Å²) in [6.45, 7) is 0. The molecule has 0 radical (unpaired) electrons. The number of hydrogen-bond acceptors (Lipinski definition) is 5. The van der Waals surface area contributed by atoms with E-state index in [1.807, 2.05) is 30.3 Å². The molecule has 0 bridgehead atoms. The van der Waals surface area contributed by atoms with Crippen LogP contribution in [0.1, 0.15) is 22.3 Å². The van der Waals surface area contributed by atoms with Gasteiger partial charge in [0.2, 0.25) is 0 Å². The number of allylic oxidation sites excluding steroid dienone is 2. The smallest absolute Gasteiger partial charge is 0.355 e. The normalized spacial score (nSPS) is 13.1. The van der Waals surface area contributed by atoms with Gasteiger partial charge in [0.05, 0.1) is 25.2 Å². The number of carbonyl (C=O) groups is 2. The van der Waals surface area contributed by atoms with E-state index < -0.39 is 17.4 Å². The Hall–Kier alpha value is -5.16. The summed E-state index contributed by atoms with van der Waals surface area (Å²) in [5.41, 5.74) is 4.70.